The predicted molar refractivity (Wildman–Crippen MR) is 122 cm³/mol. The summed E-state index contributed by atoms with van der Waals surface area (Å²) in [6.45, 7) is 8.86. The third-order valence-electron chi connectivity index (χ3n) is 9.18. The first-order valence-electron chi connectivity index (χ1n) is 11.7. The number of Topliss-reactive ketones (excluding diaryl/α,β-unsaturated/α-hetero) is 2. The van der Waals surface area contributed by atoms with Crippen molar-refractivity contribution in [3.05, 3.63) is 59.2 Å². The van der Waals surface area contributed by atoms with Gasteiger partial charge in [0.25, 0.3) is 0 Å². The summed E-state index contributed by atoms with van der Waals surface area (Å²) in [6.07, 6.45) is 5.10. The van der Waals surface area contributed by atoms with Crippen molar-refractivity contribution < 1.29 is 23.9 Å². The van der Waals surface area contributed by atoms with Gasteiger partial charge in [-0.3, -0.25) is 9.59 Å². The summed E-state index contributed by atoms with van der Waals surface area (Å²) in [7, 11) is 0. The van der Waals surface area contributed by atoms with Gasteiger partial charge >= 0.3 is 5.97 Å². The molecule has 4 bridgehead atoms. The van der Waals surface area contributed by atoms with E-state index in [9.17, 15) is 14.4 Å². The Labute approximate surface area is 198 Å². The molecule has 0 aromatic heterocycles. The van der Waals surface area contributed by atoms with Gasteiger partial charge in [0.15, 0.2) is 11.6 Å². The number of carbonyl (C=O) groups excluding carboxylic acids is 3. The van der Waals surface area contributed by atoms with E-state index in [1.165, 1.54) is 0 Å². The number of halogens is 1. The van der Waals surface area contributed by atoms with Crippen molar-refractivity contribution in [1.82, 2.24) is 0 Å². The Bertz CT molecular complexity index is 1130. The molecule has 1 aromatic carbocycles. The van der Waals surface area contributed by atoms with Gasteiger partial charge in [-0.05, 0) is 60.4 Å². The van der Waals surface area contributed by atoms with E-state index in [1.54, 1.807) is 24.3 Å². The second-order valence-electron chi connectivity index (χ2n) is 11.1. The molecule has 7 atom stereocenters. The normalized spacial score (nSPS) is 42.2. The molecule has 33 heavy (non-hydrogen) atoms. The van der Waals surface area contributed by atoms with Crippen LogP contribution in [-0.4, -0.2) is 36.4 Å². The van der Waals surface area contributed by atoms with Crippen LogP contribution < -0.4 is 0 Å². The standard InChI is InChI=1S/C27H27ClO5/c1-14-17-9-10-18-26-12-4-11-25(2,3)20(26)19(32-13-26)22(30)27(18,21(14)29)23(17)33-24(31)15-5-7-16(28)8-6-15/h4-8,12,17-20,23H,1,9-11,13H2,2-3H3/t17-,18-,19+,20+,23+,26+,27+/m0/s1. The molecular formula is C27H27ClO5. The van der Waals surface area contributed by atoms with Crippen LogP contribution in [0.15, 0.2) is 48.6 Å². The van der Waals surface area contributed by atoms with E-state index in [1.807, 2.05) is 0 Å². The second-order valence-corrected chi connectivity index (χ2v) is 11.5. The first-order chi connectivity index (χ1) is 15.6. The van der Waals surface area contributed by atoms with E-state index in [0.29, 0.717) is 35.6 Å². The highest BCUT2D eigenvalue weighted by molar-refractivity contribution is 6.30. The van der Waals surface area contributed by atoms with E-state index in [2.05, 4.69) is 32.6 Å². The van der Waals surface area contributed by atoms with Crippen LogP contribution >= 0.6 is 11.6 Å². The van der Waals surface area contributed by atoms with Crippen molar-refractivity contribution in [2.75, 3.05) is 6.61 Å². The summed E-state index contributed by atoms with van der Waals surface area (Å²) in [4.78, 5) is 41.2. The van der Waals surface area contributed by atoms with Crippen molar-refractivity contribution >= 4 is 29.1 Å². The average Bonchev–Trinajstić information content (AvgIpc) is 3.19. The Morgan fingerprint density at radius 3 is 2.64 bits per heavy atom. The van der Waals surface area contributed by atoms with Gasteiger partial charge in [-0.25, -0.2) is 4.79 Å². The topological polar surface area (TPSA) is 69.7 Å². The molecule has 4 fully saturated rings. The maximum Gasteiger partial charge on any atom is 0.338 e. The van der Waals surface area contributed by atoms with Gasteiger partial charge in [-0.1, -0.05) is 44.2 Å². The third-order valence-corrected chi connectivity index (χ3v) is 9.43. The molecule has 6 rings (SSSR count). The summed E-state index contributed by atoms with van der Waals surface area (Å²) in [6, 6.07) is 6.43. The summed E-state index contributed by atoms with van der Waals surface area (Å²) < 4.78 is 12.3. The van der Waals surface area contributed by atoms with Crippen LogP contribution in [0.5, 0.6) is 0 Å². The molecule has 0 amide bonds. The fourth-order valence-corrected chi connectivity index (χ4v) is 8.10. The lowest BCUT2D eigenvalue weighted by Crippen LogP contribution is -2.68. The Kier molecular flexibility index (Phi) is 4.30. The van der Waals surface area contributed by atoms with Gasteiger partial charge in [0.05, 0.1) is 12.2 Å². The first kappa shape index (κ1) is 21.3. The molecule has 5 nitrogen and oxygen atoms in total. The average molecular weight is 467 g/mol. The van der Waals surface area contributed by atoms with E-state index >= 15 is 0 Å². The van der Waals surface area contributed by atoms with E-state index in [4.69, 9.17) is 21.1 Å². The Balaban J connectivity index is 1.48. The highest BCUT2D eigenvalue weighted by atomic mass is 35.5. The zero-order chi connectivity index (χ0) is 23.3. The molecule has 4 aliphatic carbocycles. The lowest BCUT2D eigenvalue weighted by Gasteiger charge is -2.59. The predicted octanol–water partition coefficient (Wildman–Crippen LogP) is 4.59. The molecular weight excluding hydrogens is 440 g/mol. The Hall–Kier alpha value is -2.24. The van der Waals surface area contributed by atoms with Crippen molar-refractivity contribution in [3.63, 3.8) is 0 Å². The molecule has 1 saturated heterocycles. The molecule has 5 aliphatic rings. The van der Waals surface area contributed by atoms with E-state index in [-0.39, 0.29) is 34.7 Å². The zero-order valence-electron chi connectivity index (χ0n) is 18.8. The largest absolute Gasteiger partial charge is 0.457 e. The fourth-order valence-electron chi connectivity index (χ4n) is 7.98. The molecule has 1 aromatic rings. The second kappa shape index (κ2) is 6.67. The molecule has 1 spiro atoms. The minimum Gasteiger partial charge on any atom is -0.457 e. The lowest BCUT2D eigenvalue weighted by molar-refractivity contribution is -0.178. The minimum atomic E-state index is -1.42. The molecule has 172 valence electrons. The molecule has 1 heterocycles. The Morgan fingerprint density at radius 2 is 1.91 bits per heavy atom. The fraction of sp³-hybridized carbons (Fsp3) is 0.519. The van der Waals surface area contributed by atoms with Crippen LogP contribution in [-0.2, 0) is 19.1 Å². The number of rotatable bonds is 2. The van der Waals surface area contributed by atoms with E-state index < -0.39 is 29.0 Å². The van der Waals surface area contributed by atoms with Gasteiger partial charge in [0, 0.05) is 22.3 Å². The van der Waals surface area contributed by atoms with Crippen LogP contribution in [0, 0.1) is 34.0 Å². The molecule has 0 radical (unpaired) electrons. The maximum absolute atomic E-state index is 14.2. The molecule has 6 heteroatoms. The molecule has 0 N–H and O–H groups in total. The van der Waals surface area contributed by atoms with E-state index in [0.717, 1.165) is 6.42 Å². The van der Waals surface area contributed by atoms with Crippen LogP contribution in [0.2, 0.25) is 5.02 Å². The summed E-state index contributed by atoms with van der Waals surface area (Å²) in [5.41, 5.74) is -1.22. The minimum absolute atomic E-state index is 0.00366. The summed E-state index contributed by atoms with van der Waals surface area (Å²) in [5.74, 6) is -1.63. The van der Waals surface area contributed by atoms with Gasteiger partial charge in [-0.15, -0.1) is 0 Å². The quantitative estimate of drug-likeness (QED) is 0.276. The molecule has 0 unspecified atom stereocenters. The van der Waals surface area contributed by atoms with Gasteiger partial charge in [0.2, 0.25) is 0 Å². The van der Waals surface area contributed by atoms with Crippen LogP contribution in [0.25, 0.3) is 0 Å². The maximum atomic E-state index is 14.2. The monoisotopic (exact) mass is 466 g/mol. The van der Waals surface area contributed by atoms with Crippen LogP contribution in [0.1, 0.15) is 43.5 Å². The Morgan fingerprint density at radius 1 is 1.18 bits per heavy atom. The number of ketones is 2. The third kappa shape index (κ3) is 2.45. The van der Waals surface area contributed by atoms with Gasteiger partial charge in [-0.2, -0.15) is 0 Å². The van der Waals surface area contributed by atoms with Gasteiger partial charge < -0.3 is 9.47 Å². The van der Waals surface area contributed by atoms with Crippen molar-refractivity contribution in [2.24, 2.45) is 34.0 Å². The number of carbonyl (C=O) groups is 3. The first-order valence-corrected chi connectivity index (χ1v) is 12.1. The highest BCUT2D eigenvalue weighted by Crippen LogP contribution is 2.71. The zero-order valence-corrected chi connectivity index (χ0v) is 19.6. The van der Waals surface area contributed by atoms with Crippen LogP contribution in [0.4, 0.5) is 0 Å². The number of esters is 1. The number of hydrogen-bond donors (Lipinski definition) is 0. The van der Waals surface area contributed by atoms with Gasteiger partial charge in [0.1, 0.15) is 17.6 Å². The molecule has 1 aliphatic heterocycles. The molecule has 3 saturated carbocycles. The number of ether oxygens (including phenoxy) is 2. The van der Waals surface area contributed by atoms with Crippen molar-refractivity contribution in [3.8, 4) is 0 Å². The van der Waals surface area contributed by atoms with Crippen molar-refractivity contribution in [1.29, 1.82) is 0 Å². The SMILES string of the molecule is C=C1C(=O)[C@@]23C(=O)[C@@H]4OC[C@]5(C=CCC(C)(C)[C@@H]45)[C@@H]2CC[C@@H]1[C@H]3OC(=O)c1ccc(Cl)cc1. The number of allylic oxidation sites excluding steroid dienone is 1. The number of benzene rings is 1. The summed E-state index contributed by atoms with van der Waals surface area (Å²) in [5, 5.41) is 0.513. The number of hydrogen-bond acceptors (Lipinski definition) is 5. The van der Waals surface area contributed by atoms with Crippen LogP contribution in [0.3, 0.4) is 0 Å². The number of fused-ring (bicyclic) bond motifs is 1. The summed E-state index contributed by atoms with van der Waals surface area (Å²) >= 11 is 5.96. The lowest BCUT2D eigenvalue weighted by atomic mass is 9.41. The van der Waals surface area contributed by atoms with Crippen molar-refractivity contribution in [2.45, 2.75) is 45.3 Å². The highest BCUT2D eigenvalue weighted by Gasteiger charge is 2.80. The smallest absolute Gasteiger partial charge is 0.338 e.